The van der Waals surface area contributed by atoms with Gasteiger partial charge in [0.15, 0.2) is 11.6 Å². The van der Waals surface area contributed by atoms with Gasteiger partial charge in [-0.3, -0.25) is 9.36 Å². The Morgan fingerprint density at radius 3 is 2.33 bits per heavy atom. The van der Waals surface area contributed by atoms with Crippen molar-refractivity contribution in [3.05, 3.63) is 49.5 Å². The van der Waals surface area contributed by atoms with Gasteiger partial charge in [0, 0.05) is 13.1 Å². The predicted molar refractivity (Wildman–Crippen MR) is 78.2 cm³/mol. The number of hydrogen-bond donors (Lipinski definition) is 1. The van der Waals surface area contributed by atoms with E-state index in [-0.39, 0.29) is 26.0 Å². The summed E-state index contributed by atoms with van der Waals surface area (Å²) in [6.07, 6.45) is -4.94. The molecule has 0 saturated carbocycles. The molecule has 24 heavy (non-hydrogen) atoms. The zero-order valence-electron chi connectivity index (χ0n) is 12.2. The van der Waals surface area contributed by atoms with Crippen LogP contribution in [0.15, 0.2) is 21.7 Å². The summed E-state index contributed by atoms with van der Waals surface area (Å²) in [5, 5.41) is -0.229. The first-order chi connectivity index (χ1) is 11.0. The highest BCUT2D eigenvalue weighted by molar-refractivity contribution is 6.32. The number of nitrogens with zero attached hydrogens (tertiary/aromatic N) is 2. The smallest absolute Gasteiger partial charge is 0.431 e. The predicted octanol–water partition coefficient (Wildman–Crippen LogP) is 1.94. The van der Waals surface area contributed by atoms with Crippen LogP contribution in [-0.2, 0) is 13.2 Å². The maximum absolute atomic E-state index is 14.2. The van der Waals surface area contributed by atoms with Crippen molar-refractivity contribution >= 4 is 17.3 Å². The van der Waals surface area contributed by atoms with Gasteiger partial charge in [0.25, 0.3) is 5.56 Å². The molecule has 0 unspecified atom stereocenters. The lowest BCUT2D eigenvalue weighted by atomic mass is 10.2. The van der Waals surface area contributed by atoms with Crippen LogP contribution in [-0.4, -0.2) is 16.2 Å². The number of anilines is 1. The Kier molecular flexibility index (Phi) is 4.36. The number of hydrogen-bond acceptors (Lipinski definition) is 4. The van der Waals surface area contributed by atoms with E-state index < -0.39 is 40.3 Å². The summed E-state index contributed by atoms with van der Waals surface area (Å²) >= 11 is 5.73. The molecular formula is C13H10ClF4N3O3. The van der Waals surface area contributed by atoms with Crippen LogP contribution in [0, 0.1) is 5.82 Å². The fourth-order valence-electron chi connectivity index (χ4n) is 2.15. The van der Waals surface area contributed by atoms with E-state index in [2.05, 4.69) is 0 Å². The molecule has 11 heteroatoms. The van der Waals surface area contributed by atoms with Gasteiger partial charge in [-0.1, -0.05) is 11.6 Å². The third-order valence-corrected chi connectivity index (χ3v) is 3.52. The number of rotatable bonds is 2. The first-order valence-corrected chi connectivity index (χ1v) is 6.60. The number of aromatic nitrogens is 2. The van der Waals surface area contributed by atoms with Gasteiger partial charge in [-0.25, -0.2) is 13.8 Å². The standard InChI is InChI=1S/C13H10ClF4N3O3/c1-20-7(13(16,17)18)4-8(22)21(12(20)23)10-6(15)3-5(14)11(24-2)9(10)19/h3-4H,19H2,1-2H3. The number of benzene rings is 1. The van der Waals surface area contributed by atoms with Crippen LogP contribution >= 0.6 is 11.6 Å². The largest absolute Gasteiger partial charge is 0.493 e. The summed E-state index contributed by atoms with van der Waals surface area (Å²) in [7, 11) is 1.95. The van der Waals surface area contributed by atoms with Crippen molar-refractivity contribution in [1.82, 2.24) is 9.13 Å². The summed E-state index contributed by atoms with van der Waals surface area (Å²) in [6, 6.07) is 0.900. The van der Waals surface area contributed by atoms with Crippen molar-refractivity contribution in [3.63, 3.8) is 0 Å². The molecule has 6 nitrogen and oxygen atoms in total. The van der Waals surface area contributed by atoms with E-state index in [0.29, 0.717) is 0 Å². The summed E-state index contributed by atoms with van der Waals surface area (Å²) in [4.78, 5) is 24.2. The molecule has 0 aliphatic heterocycles. The minimum absolute atomic E-state index is 0.168. The Balaban J connectivity index is 2.94. The number of halogens is 5. The molecule has 0 amide bonds. The van der Waals surface area contributed by atoms with Crippen LogP contribution in [0.5, 0.6) is 5.75 Å². The molecule has 0 atom stereocenters. The van der Waals surface area contributed by atoms with Crippen LogP contribution < -0.4 is 21.7 Å². The van der Waals surface area contributed by atoms with Gasteiger partial charge in [0.05, 0.1) is 12.1 Å². The van der Waals surface area contributed by atoms with E-state index in [9.17, 15) is 27.2 Å². The summed E-state index contributed by atoms with van der Waals surface area (Å²) in [6.45, 7) is 0. The molecule has 0 spiro atoms. The van der Waals surface area contributed by atoms with Crippen molar-refractivity contribution in [2.24, 2.45) is 7.05 Å². The Hall–Kier alpha value is -2.49. The maximum atomic E-state index is 14.2. The van der Waals surface area contributed by atoms with Crippen molar-refractivity contribution in [2.45, 2.75) is 6.18 Å². The zero-order chi connectivity index (χ0) is 18.4. The highest BCUT2D eigenvalue weighted by Gasteiger charge is 2.35. The minimum atomic E-state index is -4.94. The van der Waals surface area contributed by atoms with Gasteiger partial charge in [-0.15, -0.1) is 0 Å². The second kappa shape index (κ2) is 5.86. The van der Waals surface area contributed by atoms with E-state index in [1.54, 1.807) is 0 Å². The second-order valence-corrected chi connectivity index (χ2v) is 5.09. The lowest BCUT2D eigenvalue weighted by Gasteiger charge is -2.17. The minimum Gasteiger partial charge on any atom is -0.493 e. The second-order valence-electron chi connectivity index (χ2n) is 4.68. The van der Waals surface area contributed by atoms with Crippen molar-refractivity contribution < 1.29 is 22.3 Å². The Labute approximate surface area is 136 Å². The van der Waals surface area contributed by atoms with E-state index in [1.165, 1.54) is 0 Å². The first kappa shape index (κ1) is 17.9. The third kappa shape index (κ3) is 2.73. The summed E-state index contributed by atoms with van der Waals surface area (Å²) < 4.78 is 57.9. The monoisotopic (exact) mass is 367 g/mol. The maximum Gasteiger partial charge on any atom is 0.431 e. The van der Waals surface area contributed by atoms with Crippen molar-refractivity contribution in [1.29, 1.82) is 0 Å². The zero-order valence-corrected chi connectivity index (χ0v) is 13.0. The van der Waals surface area contributed by atoms with Crippen LogP contribution in [0.25, 0.3) is 5.69 Å². The van der Waals surface area contributed by atoms with E-state index >= 15 is 0 Å². The van der Waals surface area contributed by atoms with E-state index in [4.69, 9.17) is 22.1 Å². The average Bonchev–Trinajstić information content (AvgIpc) is 2.45. The lowest BCUT2D eigenvalue weighted by molar-refractivity contribution is -0.144. The van der Waals surface area contributed by atoms with Crippen LogP contribution in [0.4, 0.5) is 23.2 Å². The number of nitrogen functional groups attached to an aromatic ring is 1. The SMILES string of the molecule is COc1c(Cl)cc(F)c(-n2c(=O)cc(C(F)(F)F)n(C)c2=O)c1N. The molecule has 2 aromatic rings. The van der Waals surface area contributed by atoms with Crippen LogP contribution in [0.3, 0.4) is 0 Å². The molecule has 1 aromatic carbocycles. The van der Waals surface area contributed by atoms with Gasteiger partial charge < -0.3 is 10.5 Å². The number of methoxy groups -OCH3 is 1. The molecule has 0 fully saturated rings. The summed E-state index contributed by atoms with van der Waals surface area (Å²) in [5.41, 5.74) is 0.114. The van der Waals surface area contributed by atoms with Crippen molar-refractivity contribution in [2.75, 3.05) is 12.8 Å². The molecule has 2 N–H and O–H groups in total. The van der Waals surface area contributed by atoms with Crippen molar-refractivity contribution in [3.8, 4) is 11.4 Å². The van der Waals surface area contributed by atoms with E-state index in [0.717, 1.165) is 20.2 Å². The molecule has 1 heterocycles. The molecule has 0 aliphatic rings. The fourth-order valence-corrected chi connectivity index (χ4v) is 2.42. The van der Waals surface area contributed by atoms with Gasteiger partial charge >= 0.3 is 11.9 Å². The average molecular weight is 368 g/mol. The van der Waals surface area contributed by atoms with Gasteiger partial charge in [-0.05, 0) is 6.07 Å². The number of ether oxygens (including phenoxy) is 1. The quantitative estimate of drug-likeness (QED) is 0.650. The molecule has 0 bridgehead atoms. The Morgan fingerprint density at radius 1 is 1.25 bits per heavy atom. The third-order valence-electron chi connectivity index (χ3n) is 3.23. The highest BCUT2D eigenvalue weighted by atomic mass is 35.5. The molecule has 0 aliphatic carbocycles. The molecule has 130 valence electrons. The highest BCUT2D eigenvalue weighted by Crippen LogP contribution is 2.36. The normalized spacial score (nSPS) is 11.6. The lowest BCUT2D eigenvalue weighted by Crippen LogP contribution is -2.41. The first-order valence-electron chi connectivity index (χ1n) is 6.22. The Bertz CT molecular complexity index is 934. The molecule has 1 aromatic heterocycles. The van der Waals surface area contributed by atoms with Gasteiger partial charge in [0.2, 0.25) is 0 Å². The molecular weight excluding hydrogens is 358 g/mol. The summed E-state index contributed by atoms with van der Waals surface area (Å²) in [5.74, 6) is -1.39. The number of nitrogens with two attached hydrogens (primary N) is 1. The molecule has 0 saturated heterocycles. The van der Waals surface area contributed by atoms with Crippen LogP contribution in [0.2, 0.25) is 5.02 Å². The fraction of sp³-hybridized carbons (Fsp3) is 0.231. The Morgan fingerprint density at radius 2 is 1.83 bits per heavy atom. The van der Waals surface area contributed by atoms with Gasteiger partial charge in [-0.2, -0.15) is 13.2 Å². The molecule has 0 radical (unpaired) electrons. The topological polar surface area (TPSA) is 79.2 Å². The molecule has 2 rings (SSSR count). The van der Waals surface area contributed by atoms with E-state index in [1.807, 2.05) is 0 Å². The number of alkyl halides is 3. The van der Waals surface area contributed by atoms with Gasteiger partial charge in [0.1, 0.15) is 17.1 Å². The van der Waals surface area contributed by atoms with Crippen LogP contribution in [0.1, 0.15) is 5.69 Å².